The second-order valence-corrected chi connectivity index (χ2v) is 8.13. The summed E-state index contributed by atoms with van der Waals surface area (Å²) in [5.74, 6) is 3.35. The Bertz CT molecular complexity index is 321. The van der Waals surface area contributed by atoms with E-state index in [2.05, 4.69) is 31.0 Å². The fourth-order valence-electron chi connectivity index (χ4n) is 3.24. The van der Waals surface area contributed by atoms with Crippen LogP contribution in [0.15, 0.2) is 0 Å². The van der Waals surface area contributed by atoms with Crippen molar-refractivity contribution in [2.45, 2.75) is 45.3 Å². The van der Waals surface area contributed by atoms with Gasteiger partial charge in [0.1, 0.15) is 0 Å². The van der Waals surface area contributed by atoms with E-state index < -0.39 is 0 Å². The molecule has 3 atom stereocenters. The number of hydrogen-bond donors (Lipinski definition) is 1. The van der Waals surface area contributed by atoms with E-state index in [-0.39, 0.29) is 12.4 Å². The highest BCUT2D eigenvalue weighted by molar-refractivity contribution is 8.00. The lowest BCUT2D eigenvalue weighted by molar-refractivity contribution is -0.132. The Morgan fingerprint density at radius 3 is 2.76 bits per heavy atom. The van der Waals surface area contributed by atoms with E-state index >= 15 is 0 Å². The van der Waals surface area contributed by atoms with Crippen LogP contribution in [0.5, 0.6) is 0 Å². The SMILES string of the molecule is CC(C)C1CN(C(=O)CC(C)C2CCCNC2)CCS1.Cl. The van der Waals surface area contributed by atoms with Crippen LogP contribution in [0.25, 0.3) is 0 Å². The van der Waals surface area contributed by atoms with Gasteiger partial charge in [-0.3, -0.25) is 4.79 Å². The Balaban J connectivity index is 0.00000220. The topological polar surface area (TPSA) is 32.3 Å². The molecule has 0 bridgehead atoms. The predicted octanol–water partition coefficient (Wildman–Crippen LogP) is 3.03. The Kier molecular flexibility index (Phi) is 8.43. The largest absolute Gasteiger partial charge is 0.341 e. The van der Waals surface area contributed by atoms with Crippen LogP contribution in [0.2, 0.25) is 0 Å². The van der Waals surface area contributed by atoms with Gasteiger partial charge in [-0.2, -0.15) is 11.8 Å². The average molecular weight is 335 g/mol. The molecule has 0 aromatic heterocycles. The zero-order valence-electron chi connectivity index (χ0n) is 13.6. The summed E-state index contributed by atoms with van der Waals surface area (Å²) in [7, 11) is 0. The number of halogens is 1. The maximum Gasteiger partial charge on any atom is 0.222 e. The van der Waals surface area contributed by atoms with Gasteiger partial charge in [0.2, 0.25) is 5.91 Å². The summed E-state index contributed by atoms with van der Waals surface area (Å²) in [5.41, 5.74) is 0. The van der Waals surface area contributed by atoms with E-state index in [0.717, 1.165) is 38.4 Å². The first-order chi connectivity index (χ1) is 9.58. The van der Waals surface area contributed by atoms with E-state index in [4.69, 9.17) is 0 Å². The number of piperidine rings is 1. The van der Waals surface area contributed by atoms with Crippen LogP contribution in [0.1, 0.15) is 40.0 Å². The van der Waals surface area contributed by atoms with Crippen molar-refractivity contribution in [2.24, 2.45) is 17.8 Å². The van der Waals surface area contributed by atoms with E-state index in [1.807, 2.05) is 11.8 Å². The van der Waals surface area contributed by atoms with Crippen molar-refractivity contribution in [3.8, 4) is 0 Å². The molecule has 0 aliphatic carbocycles. The van der Waals surface area contributed by atoms with Crippen LogP contribution >= 0.6 is 24.2 Å². The zero-order chi connectivity index (χ0) is 14.5. The fourth-order valence-corrected chi connectivity index (χ4v) is 4.54. The van der Waals surface area contributed by atoms with E-state index in [9.17, 15) is 4.79 Å². The fraction of sp³-hybridized carbons (Fsp3) is 0.938. The van der Waals surface area contributed by atoms with E-state index in [0.29, 0.717) is 28.9 Å². The number of carbonyl (C=O) groups is 1. The highest BCUT2D eigenvalue weighted by atomic mass is 35.5. The lowest BCUT2D eigenvalue weighted by atomic mass is 9.85. The Labute approximate surface area is 140 Å². The van der Waals surface area contributed by atoms with Gasteiger partial charge >= 0.3 is 0 Å². The van der Waals surface area contributed by atoms with Gasteiger partial charge in [-0.1, -0.05) is 20.8 Å². The zero-order valence-corrected chi connectivity index (χ0v) is 15.3. The number of hydrogen-bond acceptors (Lipinski definition) is 3. The van der Waals surface area contributed by atoms with Crippen molar-refractivity contribution in [1.29, 1.82) is 0 Å². The van der Waals surface area contributed by atoms with Crippen molar-refractivity contribution < 1.29 is 4.79 Å². The third-order valence-electron chi connectivity index (χ3n) is 4.83. The minimum Gasteiger partial charge on any atom is -0.341 e. The summed E-state index contributed by atoms with van der Waals surface area (Å²) in [6.07, 6.45) is 3.28. The molecule has 1 amide bonds. The summed E-state index contributed by atoms with van der Waals surface area (Å²) in [6, 6.07) is 0. The first-order valence-electron chi connectivity index (χ1n) is 8.18. The molecule has 5 heteroatoms. The van der Waals surface area contributed by atoms with Crippen molar-refractivity contribution in [3.05, 3.63) is 0 Å². The molecule has 1 N–H and O–H groups in total. The molecule has 0 saturated carbocycles. The van der Waals surface area contributed by atoms with Crippen LogP contribution in [-0.2, 0) is 4.79 Å². The smallest absolute Gasteiger partial charge is 0.222 e. The highest BCUT2D eigenvalue weighted by Gasteiger charge is 2.28. The van der Waals surface area contributed by atoms with Crippen molar-refractivity contribution in [1.82, 2.24) is 10.2 Å². The maximum atomic E-state index is 12.5. The van der Waals surface area contributed by atoms with Gasteiger partial charge in [-0.05, 0) is 43.7 Å². The van der Waals surface area contributed by atoms with E-state index in [1.165, 1.54) is 12.8 Å². The van der Waals surface area contributed by atoms with Crippen LogP contribution in [-0.4, -0.2) is 48.0 Å². The number of amides is 1. The van der Waals surface area contributed by atoms with Gasteiger partial charge in [0.25, 0.3) is 0 Å². The van der Waals surface area contributed by atoms with Gasteiger partial charge in [0.05, 0.1) is 0 Å². The summed E-state index contributed by atoms with van der Waals surface area (Å²) >= 11 is 2.04. The average Bonchev–Trinajstić information content (AvgIpc) is 2.48. The summed E-state index contributed by atoms with van der Waals surface area (Å²) in [6.45, 7) is 10.9. The first-order valence-corrected chi connectivity index (χ1v) is 9.23. The Morgan fingerprint density at radius 2 is 2.14 bits per heavy atom. The molecule has 2 heterocycles. The molecule has 0 aromatic carbocycles. The van der Waals surface area contributed by atoms with Gasteiger partial charge in [-0.25, -0.2) is 0 Å². The molecule has 3 nitrogen and oxygen atoms in total. The maximum absolute atomic E-state index is 12.5. The monoisotopic (exact) mass is 334 g/mol. The third kappa shape index (κ3) is 5.65. The number of carbonyl (C=O) groups excluding carboxylic acids is 1. The van der Waals surface area contributed by atoms with Gasteiger partial charge < -0.3 is 10.2 Å². The molecule has 0 radical (unpaired) electrons. The standard InChI is InChI=1S/C16H30N2OS.ClH/c1-12(2)15-11-18(7-8-20-15)16(19)9-13(3)14-5-4-6-17-10-14;/h12-15,17H,4-11H2,1-3H3;1H. The Hall–Kier alpha value is 0.0700. The summed E-state index contributed by atoms with van der Waals surface area (Å²) < 4.78 is 0. The van der Waals surface area contributed by atoms with Crippen molar-refractivity contribution in [2.75, 3.05) is 31.9 Å². The lowest BCUT2D eigenvalue weighted by Gasteiger charge is -2.36. The third-order valence-corrected chi connectivity index (χ3v) is 6.37. The van der Waals surface area contributed by atoms with Gasteiger partial charge in [0, 0.05) is 30.5 Å². The second kappa shape index (κ2) is 9.26. The lowest BCUT2D eigenvalue weighted by Crippen LogP contribution is -2.44. The number of nitrogens with zero attached hydrogens (tertiary/aromatic N) is 1. The molecule has 0 spiro atoms. The normalized spacial score (nSPS) is 28.1. The number of nitrogens with one attached hydrogen (secondary N) is 1. The molecular weight excluding hydrogens is 304 g/mol. The van der Waals surface area contributed by atoms with Crippen LogP contribution in [0, 0.1) is 17.8 Å². The highest BCUT2D eigenvalue weighted by Crippen LogP contribution is 2.27. The molecule has 2 rings (SSSR count). The second-order valence-electron chi connectivity index (χ2n) is 6.78. The molecule has 2 aliphatic rings. The minimum absolute atomic E-state index is 0. The van der Waals surface area contributed by atoms with Crippen LogP contribution < -0.4 is 5.32 Å². The van der Waals surface area contributed by atoms with Crippen molar-refractivity contribution in [3.63, 3.8) is 0 Å². The van der Waals surface area contributed by atoms with Crippen molar-refractivity contribution >= 4 is 30.1 Å². The molecule has 2 saturated heterocycles. The number of rotatable bonds is 4. The first kappa shape index (κ1) is 19.1. The van der Waals surface area contributed by atoms with E-state index in [1.54, 1.807) is 0 Å². The van der Waals surface area contributed by atoms with Crippen LogP contribution in [0.4, 0.5) is 0 Å². The number of thioether (sulfide) groups is 1. The predicted molar refractivity (Wildman–Crippen MR) is 94.3 cm³/mol. The molecule has 0 aromatic rings. The quantitative estimate of drug-likeness (QED) is 0.857. The van der Waals surface area contributed by atoms with Gasteiger partial charge in [-0.15, -0.1) is 12.4 Å². The summed E-state index contributed by atoms with van der Waals surface area (Å²) in [4.78, 5) is 14.6. The van der Waals surface area contributed by atoms with Crippen LogP contribution in [0.3, 0.4) is 0 Å². The Morgan fingerprint density at radius 1 is 1.38 bits per heavy atom. The molecule has 2 fully saturated rings. The molecular formula is C16H31ClN2OS. The van der Waals surface area contributed by atoms with Gasteiger partial charge in [0.15, 0.2) is 0 Å². The minimum atomic E-state index is 0. The summed E-state index contributed by atoms with van der Waals surface area (Å²) in [5, 5.41) is 4.09. The molecule has 21 heavy (non-hydrogen) atoms. The molecule has 3 unspecified atom stereocenters. The molecule has 124 valence electrons. The molecule has 2 aliphatic heterocycles.